The molecule has 36 heavy (non-hydrogen) atoms. The second kappa shape index (κ2) is 9.94. The van der Waals surface area contributed by atoms with Gasteiger partial charge in [0.1, 0.15) is 17.6 Å². The number of likely N-dealkylation sites (N-methyl/N-ethyl adjacent to an activating group) is 2. The molecule has 2 amide bonds. The first kappa shape index (κ1) is 24.3. The van der Waals surface area contributed by atoms with Gasteiger partial charge >= 0.3 is 0 Å². The molecule has 1 atom stereocenters. The molecule has 0 spiro atoms. The summed E-state index contributed by atoms with van der Waals surface area (Å²) in [5.74, 6) is 1.91. The molecule has 192 valence electrons. The minimum Gasteiger partial charge on any atom is -0.495 e. The van der Waals surface area contributed by atoms with E-state index in [1.807, 2.05) is 32.2 Å². The number of methoxy groups -OCH3 is 1. The third kappa shape index (κ3) is 4.58. The van der Waals surface area contributed by atoms with Crippen LogP contribution in [0.25, 0.3) is 0 Å². The molecular formula is C26H34N6O4. The molecule has 0 radical (unpaired) electrons. The van der Waals surface area contributed by atoms with E-state index in [9.17, 15) is 9.59 Å². The lowest BCUT2D eigenvalue weighted by molar-refractivity contribution is -0.119. The molecule has 3 aliphatic heterocycles. The molecule has 0 bridgehead atoms. The van der Waals surface area contributed by atoms with Crippen LogP contribution < -0.4 is 25.2 Å². The van der Waals surface area contributed by atoms with Crippen LogP contribution >= 0.6 is 0 Å². The number of rotatable bonds is 6. The molecule has 2 saturated heterocycles. The van der Waals surface area contributed by atoms with Crippen molar-refractivity contribution < 1.29 is 19.1 Å². The van der Waals surface area contributed by atoms with E-state index in [0.29, 0.717) is 36.0 Å². The van der Waals surface area contributed by atoms with Crippen LogP contribution in [-0.2, 0) is 9.53 Å². The van der Waals surface area contributed by atoms with Gasteiger partial charge in [0.05, 0.1) is 24.5 Å². The molecule has 2 aromatic rings. The SMILES string of the molecule is COc1cc(C(=O)NC2CN(C)C2)ccc1Nc1ccc2c(n1)N(C1CCOCC1)[C@H](C)C(=O)N2C. The van der Waals surface area contributed by atoms with E-state index < -0.39 is 0 Å². The summed E-state index contributed by atoms with van der Waals surface area (Å²) in [6, 6.07) is 9.18. The third-order valence-corrected chi connectivity index (χ3v) is 7.28. The Labute approximate surface area is 211 Å². The van der Waals surface area contributed by atoms with Gasteiger partial charge in [-0.15, -0.1) is 0 Å². The van der Waals surface area contributed by atoms with Gasteiger partial charge in [0, 0.05) is 45.0 Å². The molecule has 0 aliphatic carbocycles. The lowest BCUT2D eigenvalue weighted by Crippen LogP contribution is -2.57. The van der Waals surface area contributed by atoms with E-state index in [2.05, 4.69) is 20.4 Å². The number of pyridine rings is 1. The number of likely N-dealkylation sites (tertiary alicyclic amines) is 1. The second-order valence-electron chi connectivity index (χ2n) is 9.79. The van der Waals surface area contributed by atoms with Crippen molar-refractivity contribution in [2.24, 2.45) is 0 Å². The van der Waals surface area contributed by atoms with Crippen molar-refractivity contribution in [2.75, 3.05) is 62.6 Å². The third-order valence-electron chi connectivity index (χ3n) is 7.28. The number of nitrogens with zero attached hydrogens (tertiary/aromatic N) is 4. The van der Waals surface area contributed by atoms with E-state index in [4.69, 9.17) is 14.5 Å². The zero-order valence-corrected chi connectivity index (χ0v) is 21.3. The lowest BCUT2D eigenvalue weighted by atomic mass is 10.0. The standard InChI is InChI=1S/C26H34N6O4/c1-16-26(34)31(3)21-7-8-23(29-24(21)32(16)19-9-11-36-12-10-19)28-20-6-5-17(13-22(20)35-4)25(33)27-18-14-30(2)15-18/h5-8,13,16,18-19H,9-12,14-15H2,1-4H3,(H,27,33)(H,28,29)/t16-/m1/s1. The highest BCUT2D eigenvalue weighted by Gasteiger charge is 2.39. The predicted molar refractivity (Wildman–Crippen MR) is 138 cm³/mol. The number of benzene rings is 1. The minimum absolute atomic E-state index is 0.0561. The number of carbonyl (C=O) groups excluding carboxylic acids is 2. The number of fused-ring (bicyclic) bond motifs is 1. The van der Waals surface area contributed by atoms with Crippen LogP contribution in [0.2, 0.25) is 0 Å². The van der Waals surface area contributed by atoms with Gasteiger partial charge in [-0.3, -0.25) is 9.59 Å². The number of aromatic nitrogens is 1. The molecule has 1 aromatic heterocycles. The van der Waals surface area contributed by atoms with Crippen molar-refractivity contribution in [2.45, 2.75) is 37.9 Å². The van der Waals surface area contributed by atoms with Crippen LogP contribution in [-0.4, -0.2) is 87.3 Å². The zero-order valence-electron chi connectivity index (χ0n) is 21.3. The van der Waals surface area contributed by atoms with Gasteiger partial charge in [0.15, 0.2) is 5.82 Å². The van der Waals surface area contributed by atoms with Gasteiger partial charge in [0.2, 0.25) is 5.91 Å². The first-order valence-electron chi connectivity index (χ1n) is 12.4. The Hall–Kier alpha value is -3.37. The van der Waals surface area contributed by atoms with Gasteiger partial charge in [-0.05, 0) is 57.1 Å². The van der Waals surface area contributed by atoms with Crippen molar-refractivity contribution in [1.29, 1.82) is 0 Å². The molecule has 10 nitrogen and oxygen atoms in total. The zero-order chi connectivity index (χ0) is 25.4. The van der Waals surface area contributed by atoms with Gasteiger partial charge in [0.25, 0.3) is 5.91 Å². The largest absolute Gasteiger partial charge is 0.495 e. The van der Waals surface area contributed by atoms with Crippen LogP contribution in [0.5, 0.6) is 5.75 Å². The average Bonchev–Trinajstić information content (AvgIpc) is 2.87. The Kier molecular flexibility index (Phi) is 6.72. The molecule has 10 heteroatoms. The first-order valence-corrected chi connectivity index (χ1v) is 12.4. The Morgan fingerprint density at radius 1 is 1.14 bits per heavy atom. The van der Waals surface area contributed by atoms with E-state index in [0.717, 1.165) is 37.4 Å². The fraction of sp³-hybridized carbons (Fsp3) is 0.500. The smallest absolute Gasteiger partial charge is 0.251 e. The van der Waals surface area contributed by atoms with Crippen LogP contribution in [0.4, 0.5) is 23.0 Å². The van der Waals surface area contributed by atoms with Crippen LogP contribution in [0.3, 0.4) is 0 Å². The number of hydrogen-bond donors (Lipinski definition) is 2. The Bertz CT molecular complexity index is 1150. The van der Waals surface area contributed by atoms with Crippen molar-refractivity contribution in [1.82, 2.24) is 15.2 Å². The summed E-state index contributed by atoms with van der Waals surface area (Å²) in [5.41, 5.74) is 2.04. The fourth-order valence-corrected chi connectivity index (χ4v) is 5.25. The summed E-state index contributed by atoms with van der Waals surface area (Å²) in [5, 5.41) is 6.39. The molecule has 1 aromatic carbocycles. The summed E-state index contributed by atoms with van der Waals surface area (Å²) >= 11 is 0. The molecule has 2 fully saturated rings. The Balaban J connectivity index is 1.39. The number of ether oxygens (including phenoxy) is 2. The van der Waals surface area contributed by atoms with Crippen molar-refractivity contribution in [3.8, 4) is 5.75 Å². The van der Waals surface area contributed by atoms with E-state index >= 15 is 0 Å². The van der Waals surface area contributed by atoms with Crippen molar-refractivity contribution in [3.63, 3.8) is 0 Å². The normalized spacial score (nSPS) is 21.1. The van der Waals surface area contributed by atoms with Crippen LogP contribution in [0.1, 0.15) is 30.1 Å². The molecule has 5 rings (SSSR count). The highest BCUT2D eigenvalue weighted by atomic mass is 16.5. The highest BCUT2D eigenvalue weighted by molar-refractivity contribution is 6.04. The summed E-state index contributed by atoms with van der Waals surface area (Å²) in [6.45, 7) is 5.01. The number of carbonyl (C=O) groups is 2. The number of nitrogens with one attached hydrogen (secondary N) is 2. The first-order chi connectivity index (χ1) is 17.4. The lowest BCUT2D eigenvalue weighted by Gasteiger charge is -2.44. The molecular weight excluding hydrogens is 460 g/mol. The van der Waals surface area contributed by atoms with E-state index in [-0.39, 0.29) is 29.9 Å². The summed E-state index contributed by atoms with van der Waals surface area (Å²) in [6.07, 6.45) is 1.71. The summed E-state index contributed by atoms with van der Waals surface area (Å²) < 4.78 is 11.1. The highest BCUT2D eigenvalue weighted by Crippen LogP contribution is 2.39. The summed E-state index contributed by atoms with van der Waals surface area (Å²) in [7, 11) is 5.40. The maximum atomic E-state index is 13.0. The molecule has 4 heterocycles. The molecule has 0 unspecified atom stereocenters. The monoisotopic (exact) mass is 494 g/mol. The van der Waals surface area contributed by atoms with Crippen LogP contribution in [0, 0.1) is 0 Å². The van der Waals surface area contributed by atoms with Gasteiger partial charge < -0.3 is 34.8 Å². The number of hydrogen-bond acceptors (Lipinski definition) is 8. The molecule has 3 aliphatic rings. The Morgan fingerprint density at radius 2 is 1.89 bits per heavy atom. The van der Waals surface area contributed by atoms with Gasteiger partial charge in [-0.1, -0.05) is 0 Å². The van der Waals surface area contributed by atoms with E-state index in [1.54, 1.807) is 31.2 Å². The Morgan fingerprint density at radius 3 is 2.58 bits per heavy atom. The molecule has 2 N–H and O–H groups in total. The maximum Gasteiger partial charge on any atom is 0.251 e. The van der Waals surface area contributed by atoms with Gasteiger partial charge in [-0.25, -0.2) is 4.98 Å². The fourth-order valence-electron chi connectivity index (χ4n) is 5.25. The van der Waals surface area contributed by atoms with Crippen LogP contribution in [0.15, 0.2) is 30.3 Å². The number of anilines is 4. The van der Waals surface area contributed by atoms with Crippen molar-refractivity contribution in [3.05, 3.63) is 35.9 Å². The summed E-state index contributed by atoms with van der Waals surface area (Å²) in [4.78, 5) is 36.5. The topological polar surface area (TPSA) is 99.3 Å². The minimum atomic E-state index is -0.309. The van der Waals surface area contributed by atoms with Crippen molar-refractivity contribution >= 4 is 34.8 Å². The molecule has 0 saturated carbocycles. The predicted octanol–water partition coefficient (Wildman–Crippen LogP) is 2.23. The maximum absolute atomic E-state index is 13.0. The van der Waals surface area contributed by atoms with Gasteiger partial charge in [-0.2, -0.15) is 0 Å². The second-order valence-corrected chi connectivity index (χ2v) is 9.79. The quantitative estimate of drug-likeness (QED) is 0.631. The number of amides is 2. The van der Waals surface area contributed by atoms with E-state index in [1.165, 1.54) is 0 Å². The average molecular weight is 495 g/mol.